The van der Waals surface area contributed by atoms with Crippen molar-refractivity contribution >= 4 is 6.09 Å². The minimum Gasteiger partial charge on any atom is -0.507 e. The van der Waals surface area contributed by atoms with Crippen molar-refractivity contribution in [2.24, 2.45) is 5.92 Å². The summed E-state index contributed by atoms with van der Waals surface area (Å²) >= 11 is 0. The number of phenolic OH excluding ortho intramolecular Hbond substituents is 1. The van der Waals surface area contributed by atoms with E-state index in [0.29, 0.717) is 30.0 Å². The van der Waals surface area contributed by atoms with Gasteiger partial charge in [-0.3, -0.25) is 0 Å². The number of aliphatic hydroxyl groups excluding tert-OH is 1. The third-order valence-corrected chi connectivity index (χ3v) is 5.27. The molecule has 1 aromatic heterocycles. The summed E-state index contributed by atoms with van der Waals surface area (Å²) in [6.45, 7) is 10.3. The summed E-state index contributed by atoms with van der Waals surface area (Å²) in [6.07, 6.45) is 0.402. The summed E-state index contributed by atoms with van der Waals surface area (Å²) in [5.41, 5.74) is 2.89. The van der Waals surface area contributed by atoms with Gasteiger partial charge in [0.25, 0.3) is 0 Å². The summed E-state index contributed by atoms with van der Waals surface area (Å²) < 4.78 is 5.47. The molecule has 1 aliphatic heterocycles. The Kier molecular flexibility index (Phi) is 6.31. The van der Waals surface area contributed by atoms with Gasteiger partial charge in [-0.2, -0.15) is 5.10 Å². The second-order valence-electron chi connectivity index (χ2n) is 9.09. The number of aromatic hydroxyl groups is 1. The molecule has 1 saturated heterocycles. The molecule has 0 radical (unpaired) electrons. The van der Waals surface area contributed by atoms with Crippen molar-refractivity contribution in [3.8, 4) is 17.0 Å². The summed E-state index contributed by atoms with van der Waals surface area (Å²) in [5.74, 6) is 0.0135. The fraction of sp³-hybridized carbons (Fsp3) is 0.522. The van der Waals surface area contributed by atoms with Gasteiger partial charge in [-0.05, 0) is 76.8 Å². The second-order valence-corrected chi connectivity index (χ2v) is 9.09. The molecule has 1 aromatic carbocycles. The van der Waals surface area contributed by atoms with Gasteiger partial charge in [-0.1, -0.05) is 6.07 Å². The number of aliphatic hydroxyl groups is 1. The minimum atomic E-state index is -0.831. The molecular formula is C23H31N3O4. The number of ether oxygens (including phenoxy) is 1. The van der Waals surface area contributed by atoms with Crippen LogP contribution in [0.4, 0.5) is 4.79 Å². The number of amides is 1. The number of carbonyl (C=O) groups is 1. The first-order chi connectivity index (χ1) is 14.0. The number of piperidine rings is 1. The number of phenols is 1. The van der Waals surface area contributed by atoms with Crippen molar-refractivity contribution in [2.45, 2.75) is 59.2 Å². The Balaban J connectivity index is 1.76. The van der Waals surface area contributed by atoms with Crippen molar-refractivity contribution < 1.29 is 19.7 Å². The van der Waals surface area contributed by atoms with E-state index in [0.717, 1.165) is 24.0 Å². The Morgan fingerprint density at radius 2 is 1.97 bits per heavy atom. The van der Waals surface area contributed by atoms with Crippen molar-refractivity contribution in [1.29, 1.82) is 0 Å². The highest BCUT2D eigenvalue weighted by Crippen LogP contribution is 2.33. The first-order valence-corrected chi connectivity index (χ1v) is 10.4. The van der Waals surface area contributed by atoms with Gasteiger partial charge in [0.15, 0.2) is 0 Å². The first-order valence-electron chi connectivity index (χ1n) is 10.4. The van der Waals surface area contributed by atoms with Gasteiger partial charge in [-0.25, -0.2) is 4.79 Å². The van der Waals surface area contributed by atoms with E-state index in [2.05, 4.69) is 10.2 Å². The van der Waals surface area contributed by atoms with Crippen LogP contribution in [0.15, 0.2) is 24.3 Å². The number of hydrogen-bond acceptors (Lipinski definition) is 6. The van der Waals surface area contributed by atoms with Crippen LogP contribution in [0.2, 0.25) is 0 Å². The van der Waals surface area contributed by atoms with Crippen LogP contribution in [0.5, 0.6) is 5.75 Å². The zero-order chi connectivity index (χ0) is 22.1. The predicted octanol–water partition coefficient (Wildman–Crippen LogP) is 4.15. The number of likely N-dealkylation sites (tertiary alicyclic amines) is 1. The quantitative estimate of drug-likeness (QED) is 0.785. The molecule has 2 atom stereocenters. The van der Waals surface area contributed by atoms with Crippen molar-refractivity contribution in [3.05, 3.63) is 41.1 Å². The number of nitrogens with zero attached hydrogens (tertiary/aromatic N) is 3. The van der Waals surface area contributed by atoms with Gasteiger partial charge in [-0.15, -0.1) is 5.10 Å². The molecule has 0 aliphatic carbocycles. The Hall–Kier alpha value is -2.67. The number of aryl methyl sites for hydroxylation is 2. The number of hydrogen-bond donors (Lipinski definition) is 2. The summed E-state index contributed by atoms with van der Waals surface area (Å²) in [5, 5.41) is 29.7. The van der Waals surface area contributed by atoms with Gasteiger partial charge in [0.2, 0.25) is 0 Å². The van der Waals surface area contributed by atoms with Crippen LogP contribution in [0.1, 0.15) is 56.5 Å². The predicted molar refractivity (Wildman–Crippen MR) is 114 cm³/mol. The highest BCUT2D eigenvalue weighted by molar-refractivity contribution is 5.70. The normalized spacial score (nSPS) is 18.2. The first kappa shape index (κ1) is 22.0. The number of carbonyl (C=O) groups excluding carboxylic acids is 1. The van der Waals surface area contributed by atoms with E-state index in [-0.39, 0.29) is 17.8 Å². The maximum absolute atomic E-state index is 12.4. The van der Waals surface area contributed by atoms with Crippen molar-refractivity contribution in [1.82, 2.24) is 15.1 Å². The van der Waals surface area contributed by atoms with E-state index in [1.165, 1.54) is 0 Å². The monoisotopic (exact) mass is 413 g/mol. The van der Waals surface area contributed by atoms with Crippen LogP contribution in [0.3, 0.4) is 0 Å². The third-order valence-electron chi connectivity index (χ3n) is 5.27. The molecule has 1 aliphatic rings. The largest absolute Gasteiger partial charge is 0.507 e. The molecule has 0 spiro atoms. The molecule has 0 bridgehead atoms. The van der Waals surface area contributed by atoms with Crippen molar-refractivity contribution in [3.63, 3.8) is 0 Å². The Bertz CT molecular complexity index is 923. The van der Waals surface area contributed by atoms with Crippen molar-refractivity contribution in [2.75, 3.05) is 13.1 Å². The molecule has 2 aromatic rings. The highest BCUT2D eigenvalue weighted by atomic mass is 16.6. The molecule has 0 saturated carbocycles. The van der Waals surface area contributed by atoms with Crippen LogP contribution >= 0.6 is 0 Å². The topological polar surface area (TPSA) is 95.8 Å². The second kappa shape index (κ2) is 8.60. The standard InChI is InChI=1S/C23H31N3O4/c1-14-8-9-17(19(27)11-14)20-15(2)12-18(24-25-20)21(28)16-7-6-10-26(13-16)22(29)30-23(3,4)5/h8-9,11-12,16,21,27-28H,6-7,10,13H2,1-5H3. The van der Waals surface area contributed by atoms with E-state index in [1.807, 2.05) is 46.8 Å². The van der Waals surface area contributed by atoms with Crippen LogP contribution in [-0.2, 0) is 4.74 Å². The Morgan fingerprint density at radius 3 is 2.60 bits per heavy atom. The van der Waals surface area contributed by atoms with Gasteiger partial charge in [0.1, 0.15) is 17.5 Å². The summed E-state index contributed by atoms with van der Waals surface area (Å²) in [7, 11) is 0. The van der Waals surface area contributed by atoms with Crippen LogP contribution in [-0.4, -0.2) is 50.1 Å². The fourth-order valence-electron chi connectivity index (χ4n) is 3.76. The number of rotatable bonds is 3. The van der Waals surface area contributed by atoms with E-state index < -0.39 is 11.7 Å². The van der Waals surface area contributed by atoms with E-state index in [4.69, 9.17) is 4.74 Å². The molecule has 2 N–H and O–H groups in total. The van der Waals surface area contributed by atoms with Gasteiger partial charge in [0, 0.05) is 24.6 Å². The molecule has 162 valence electrons. The Labute approximate surface area is 177 Å². The lowest BCUT2D eigenvalue weighted by molar-refractivity contribution is 0.00159. The molecule has 2 unspecified atom stereocenters. The maximum Gasteiger partial charge on any atom is 0.410 e. The fourth-order valence-corrected chi connectivity index (χ4v) is 3.76. The van der Waals surface area contributed by atoms with E-state index in [1.54, 1.807) is 17.0 Å². The lowest BCUT2D eigenvalue weighted by atomic mass is 9.90. The van der Waals surface area contributed by atoms with Gasteiger partial charge in [0.05, 0.1) is 11.4 Å². The van der Waals surface area contributed by atoms with Gasteiger partial charge >= 0.3 is 6.09 Å². The SMILES string of the molecule is Cc1ccc(-c2nnc(C(O)C3CCCN(C(=O)OC(C)(C)C)C3)cc2C)c(O)c1. The molecule has 1 amide bonds. The lowest BCUT2D eigenvalue weighted by Crippen LogP contribution is -2.44. The zero-order valence-electron chi connectivity index (χ0n) is 18.3. The molecule has 7 heteroatoms. The number of aromatic nitrogens is 2. The third kappa shape index (κ3) is 5.08. The molecule has 30 heavy (non-hydrogen) atoms. The lowest BCUT2D eigenvalue weighted by Gasteiger charge is -2.35. The van der Waals surface area contributed by atoms with E-state index in [9.17, 15) is 15.0 Å². The van der Waals surface area contributed by atoms with Gasteiger partial charge < -0.3 is 19.8 Å². The summed E-state index contributed by atoms with van der Waals surface area (Å²) in [6, 6.07) is 7.22. The maximum atomic E-state index is 12.4. The van der Waals surface area contributed by atoms with Crippen LogP contribution < -0.4 is 0 Å². The number of benzene rings is 1. The molecule has 2 heterocycles. The molecule has 7 nitrogen and oxygen atoms in total. The zero-order valence-corrected chi connectivity index (χ0v) is 18.3. The highest BCUT2D eigenvalue weighted by Gasteiger charge is 2.32. The van der Waals surface area contributed by atoms with Crippen LogP contribution in [0.25, 0.3) is 11.3 Å². The average Bonchev–Trinajstić information content (AvgIpc) is 2.67. The Morgan fingerprint density at radius 1 is 1.23 bits per heavy atom. The van der Waals surface area contributed by atoms with E-state index >= 15 is 0 Å². The summed E-state index contributed by atoms with van der Waals surface area (Å²) in [4.78, 5) is 14.1. The smallest absolute Gasteiger partial charge is 0.410 e. The minimum absolute atomic E-state index is 0.140. The molecule has 3 rings (SSSR count). The average molecular weight is 414 g/mol. The molecule has 1 fully saturated rings. The molecular weight excluding hydrogens is 382 g/mol. The van der Waals surface area contributed by atoms with Crippen LogP contribution in [0, 0.1) is 19.8 Å².